The average Bonchev–Trinajstić information content (AvgIpc) is 3.59. The first kappa shape index (κ1) is 30.4. The van der Waals surface area contributed by atoms with Crippen LogP contribution in [-0.2, 0) is 5.41 Å². The number of anilines is 1. The van der Waals surface area contributed by atoms with E-state index in [2.05, 4.69) is 57.2 Å². The molecule has 2 fully saturated rings. The maximum absolute atomic E-state index is 13.8. The summed E-state index contributed by atoms with van der Waals surface area (Å²) in [5, 5.41) is 0. The number of likely N-dealkylation sites (tertiary alicyclic amines) is 1. The molecule has 1 atom stereocenters. The third-order valence-corrected chi connectivity index (χ3v) is 9.11. The molecule has 0 radical (unpaired) electrons. The maximum Gasteiger partial charge on any atom is 0.254 e. The maximum atomic E-state index is 13.8. The number of ether oxygens (including phenoxy) is 2. The molecule has 0 saturated carbocycles. The number of hydrogen-bond donors (Lipinski definition) is 1. The Morgan fingerprint density at radius 3 is 2.51 bits per heavy atom. The molecule has 6 rings (SSSR count). The van der Waals surface area contributed by atoms with E-state index in [1.165, 1.54) is 5.56 Å². The van der Waals surface area contributed by atoms with E-state index in [4.69, 9.17) is 14.5 Å². The zero-order valence-electron chi connectivity index (χ0n) is 25.4. The fourth-order valence-electron chi connectivity index (χ4n) is 6.75. The Kier molecular flexibility index (Phi) is 9.22. The Hall–Kier alpha value is -4.08. The van der Waals surface area contributed by atoms with Gasteiger partial charge in [-0.05, 0) is 74.7 Å². The van der Waals surface area contributed by atoms with Gasteiger partial charge in [-0.15, -0.1) is 0 Å². The number of hydrogen-bond acceptors (Lipinski definition) is 6. The smallest absolute Gasteiger partial charge is 0.254 e. The molecule has 3 heterocycles. The summed E-state index contributed by atoms with van der Waals surface area (Å²) >= 11 is 0. The lowest BCUT2D eigenvalue weighted by Gasteiger charge is -2.33. The van der Waals surface area contributed by atoms with E-state index in [9.17, 15) is 4.79 Å². The van der Waals surface area contributed by atoms with E-state index < -0.39 is 0 Å². The van der Waals surface area contributed by atoms with Gasteiger partial charge in [0.25, 0.3) is 5.91 Å². The lowest BCUT2D eigenvalue weighted by atomic mass is 9.76. The predicted molar refractivity (Wildman–Crippen MR) is 171 cm³/mol. The third kappa shape index (κ3) is 6.19. The van der Waals surface area contributed by atoms with Crippen LogP contribution in [0.3, 0.4) is 0 Å². The van der Waals surface area contributed by atoms with Gasteiger partial charge in [0.15, 0.2) is 11.5 Å². The van der Waals surface area contributed by atoms with Gasteiger partial charge in [0, 0.05) is 43.7 Å². The van der Waals surface area contributed by atoms with Crippen molar-refractivity contribution in [2.45, 2.75) is 31.6 Å². The van der Waals surface area contributed by atoms with Crippen LogP contribution in [-0.4, -0.2) is 91.2 Å². The van der Waals surface area contributed by atoms with Gasteiger partial charge in [-0.25, -0.2) is 4.98 Å². The number of amides is 1. The van der Waals surface area contributed by atoms with Crippen LogP contribution < -0.4 is 14.4 Å². The molecule has 2 saturated heterocycles. The molecule has 2 aliphatic rings. The zero-order valence-corrected chi connectivity index (χ0v) is 25.4. The van der Waals surface area contributed by atoms with Crippen molar-refractivity contribution in [1.29, 1.82) is 0 Å². The summed E-state index contributed by atoms with van der Waals surface area (Å²) in [6.45, 7) is 8.40. The molecule has 0 aliphatic carbocycles. The van der Waals surface area contributed by atoms with Crippen LogP contribution in [0.1, 0.15) is 40.7 Å². The minimum absolute atomic E-state index is 0. The van der Waals surface area contributed by atoms with Crippen molar-refractivity contribution in [3.05, 3.63) is 83.4 Å². The van der Waals surface area contributed by atoms with Gasteiger partial charge in [0.2, 0.25) is 5.95 Å². The van der Waals surface area contributed by atoms with Gasteiger partial charge >= 0.3 is 0 Å². The summed E-state index contributed by atoms with van der Waals surface area (Å²) in [6, 6.07) is 22.7. The third-order valence-electron chi connectivity index (χ3n) is 9.11. The normalized spacial score (nSPS) is 19.2. The molecule has 0 bridgehead atoms. The van der Waals surface area contributed by atoms with Crippen molar-refractivity contribution in [2.75, 3.05) is 64.9 Å². The number of aromatic nitrogens is 2. The molecule has 4 aromatic rings. The first-order chi connectivity index (χ1) is 20.5. The number of benzene rings is 3. The molecule has 1 unspecified atom stereocenters. The lowest BCUT2D eigenvalue weighted by Crippen LogP contribution is -2.39. The molecular weight excluding hydrogens is 542 g/mol. The lowest BCUT2D eigenvalue weighted by molar-refractivity contribution is 0.0780. The van der Waals surface area contributed by atoms with Crippen LogP contribution in [0.15, 0.2) is 66.7 Å². The Balaban J connectivity index is 0.00000368. The number of methoxy groups -OCH3 is 2. The van der Waals surface area contributed by atoms with Gasteiger partial charge in [-0.2, -0.15) is 0 Å². The first-order valence-corrected chi connectivity index (χ1v) is 15.0. The second-order valence-corrected chi connectivity index (χ2v) is 11.7. The summed E-state index contributed by atoms with van der Waals surface area (Å²) in [6.07, 6.45) is 3.06. The summed E-state index contributed by atoms with van der Waals surface area (Å²) in [5.41, 5.74) is 4.89. The van der Waals surface area contributed by atoms with E-state index in [-0.39, 0.29) is 16.8 Å². The Labute approximate surface area is 253 Å². The van der Waals surface area contributed by atoms with Crippen LogP contribution in [0.2, 0.25) is 0 Å². The van der Waals surface area contributed by atoms with Crippen molar-refractivity contribution >= 4 is 22.9 Å². The first-order valence-electron chi connectivity index (χ1n) is 15.0. The van der Waals surface area contributed by atoms with E-state index in [1.807, 2.05) is 36.1 Å². The average molecular weight is 586 g/mol. The monoisotopic (exact) mass is 585 g/mol. The number of carbonyl (C=O) groups excluding carboxylic acids is 1. The molecule has 2 aliphatic heterocycles. The molecule has 0 spiro atoms. The van der Waals surface area contributed by atoms with Gasteiger partial charge in [-0.1, -0.05) is 42.5 Å². The fraction of sp³-hybridized carbons (Fsp3) is 0.412. The van der Waals surface area contributed by atoms with E-state index >= 15 is 0 Å². The number of nitrogens with zero attached hydrogens (tertiary/aromatic N) is 4. The number of rotatable bonds is 8. The number of imidazole rings is 1. The van der Waals surface area contributed by atoms with Crippen molar-refractivity contribution in [1.82, 2.24) is 19.8 Å². The van der Waals surface area contributed by atoms with E-state index in [0.29, 0.717) is 23.6 Å². The second kappa shape index (κ2) is 13.1. The van der Waals surface area contributed by atoms with Gasteiger partial charge in [-0.3, -0.25) is 4.79 Å². The number of aryl methyl sites for hydroxylation is 1. The minimum atomic E-state index is -0.0761. The fourth-order valence-corrected chi connectivity index (χ4v) is 6.75. The number of aromatic amines is 1. The second-order valence-electron chi connectivity index (χ2n) is 11.7. The molecule has 43 heavy (non-hydrogen) atoms. The molecular formula is C34H43N5O4. The van der Waals surface area contributed by atoms with Crippen molar-refractivity contribution < 1.29 is 19.7 Å². The van der Waals surface area contributed by atoms with Crippen LogP contribution in [0, 0.1) is 6.92 Å². The molecule has 3 N–H and O–H groups in total. The van der Waals surface area contributed by atoms with Crippen LogP contribution in [0.25, 0.3) is 11.0 Å². The SMILES string of the molecule is COc1cc(C(=O)N2CCC(CCN3CCCN(c4nc5ccccc5[nH]4)CC3)(c3ccccc3)C2)cc(C)c1OC.O. The van der Waals surface area contributed by atoms with Crippen molar-refractivity contribution in [2.24, 2.45) is 0 Å². The summed E-state index contributed by atoms with van der Waals surface area (Å²) in [5.74, 6) is 2.28. The highest BCUT2D eigenvalue weighted by Gasteiger charge is 2.41. The summed E-state index contributed by atoms with van der Waals surface area (Å²) in [7, 11) is 3.24. The Bertz CT molecular complexity index is 1510. The number of para-hydroxylation sites is 2. The van der Waals surface area contributed by atoms with Crippen molar-refractivity contribution in [3.8, 4) is 11.5 Å². The molecule has 228 valence electrons. The van der Waals surface area contributed by atoms with Crippen molar-refractivity contribution in [3.63, 3.8) is 0 Å². The van der Waals surface area contributed by atoms with E-state index in [0.717, 1.165) is 81.1 Å². The van der Waals surface area contributed by atoms with E-state index in [1.54, 1.807) is 14.2 Å². The largest absolute Gasteiger partial charge is 0.493 e. The highest BCUT2D eigenvalue weighted by Crippen LogP contribution is 2.39. The number of H-pyrrole nitrogens is 1. The zero-order chi connectivity index (χ0) is 29.1. The highest BCUT2D eigenvalue weighted by atomic mass is 16.5. The van der Waals surface area contributed by atoms with Gasteiger partial charge in [0.1, 0.15) is 0 Å². The molecule has 9 nitrogen and oxygen atoms in total. The molecule has 9 heteroatoms. The quantitative estimate of drug-likeness (QED) is 0.328. The summed E-state index contributed by atoms with van der Waals surface area (Å²) in [4.78, 5) is 29.1. The molecule has 1 amide bonds. The number of nitrogens with one attached hydrogen (secondary N) is 1. The summed E-state index contributed by atoms with van der Waals surface area (Å²) < 4.78 is 11.0. The van der Waals surface area contributed by atoms with Crippen LogP contribution in [0.5, 0.6) is 11.5 Å². The number of fused-ring (bicyclic) bond motifs is 1. The molecule has 3 aromatic carbocycles. The Morgan fingerprint density at radius 2 is 1.74 bits per heavy atom. The van der Waals surface area contributed by atoms with Gasteiger partial charge in [0.05, 0.1) is 25.3 Å². The minimum Gasteiger partial charge on any atom is -0.493 e. The topological polar surface area (TPSA) is 105 Å². The van der Waals surface area contributed by atoms with Crippen LogP contribution in [0.4, 0.5) is 5.95 Å². The Morgan fingerprint density at radius 1 is 0.953 bits per heavy atom. The highest BCUT2D eigenvalue weighted by molar-refractivity contribution is 5.95. The van der Waals surface area contributed by atoms with Crippen LogP contribution >= 0.6 is 0 Å². The number of carbonyl (C=O) groups is 1. The predicted octanol–water partition coefficient (Wildman–Crippen LogP) is 4.45. The standard InChI is InChI=1S/C34H41N5O3.H2O/c1-25-22-26(23-30(41-2)31(25)42-3)32(40)39-19-15-34(24-39,27-10-5-4-6-11-27)14-18-37-16-9-17-38(21-20-37)33-35-28-12-7-8-13-29(28)36-33;/h4-8,10-13,22-23H,9,14-21,24H2,1-3H3,(H,35,36);1H2. The van der Waals surface area contributed by atoms with Gasteiger partial charge < -0.3 is 34.6 Å². The molecule has 1 aromatic heterocycles.